The summed E-state index contributed by atoms with van der Waals surface area (Å²) in [6, 6.07) is 15.6. The number of allylic oxidation sites excluding steroid dienone is 1. The van der Waals surface area contributed by atoms with Gasteiger partial charge in [-0.05, 0) is 47.7 Å². The molecule has 0 bridgehead atoms. The van der Waals surface area contributed by atoms with Gasteiger partial charge in [-0.1, -0.05) is 64.1 Å². The molecule has 0 aliphatic carbocycles. The molecule has 0 amide bonds. The Hall–Kier alpha value is -4.00. The molecule has 0 radical (unpaired) electrons. The molecule has 0 atom stereocenters. The van der Waals surface area contributed by atoms with Crippen molar-refractivity contribution in [3.05, 3.63) is 66.2 Å². The van der Waals surface area contributed by atoms with Crippen LogP contribution in [0.3, 0.4) is 0 Å². The molecule has 0 saturated heterocycles. The minimum Gasteiger partial charge on any atom is -0.508 e. The van der Waals surface area contributed by atoms with E-state index in [0.29, 0.717) is 0 Å². The van der Waals surface area contributed by atoms with Crippen LogP contribution in [0.25, 0.3) is 44.3 Å². The lowest BCUT2D eigenvalue weighted by atomic mass is 9.59. The number of aromatic nitrogens is 6. The van der Waals surface area contributed by atoms with E-state index in [0.717, 1.165) is 55.5 Å². The third-order valence-electron chi connectivity index (χ3n) is 7.69. The second-order valence-corrected chi connectivity index (χ2v) is 9.91. The lowest BCUT2D eigenvalue weighted by Gasteiger charge is -2.44. The SMILES string of the molecule is C=C(C)C(C)(C)C(C)(C)c1c(O)ccc(-c2cccc3n[nH]nc23)c1-c1cccc2n[nH]nc12. The molecule has 7 heteroatoms. The number of aromatic hydroxyl groups is 1. The highest BCUT2D eigenvalue weighted by molar-refractivity contribution is 6.03. The monoisotopic (exact) mass is 452 g/mol. The highest BCUT2D eigenvalue weighted by atomic mass is 16.3. The lowest BCUT2D eigenvalue weighted by molar-refractivity contribution is 0.243. The van der Waals surface area contributed by atoms with Gasteiger partial charge in [0.2, 0.25) is 0 Å². The van der Waals surface area contributed by atoms with Gasteiger partial charge in [0.25, 0.3) is 0 Å². The number of hydrogen-bond acceptors (Lipinski definition) is 5. The molecule has 0 unspecified atom stereocenters. The van der Waals surface area contributed by atoms with Crippen LogP contribution in [-0.4, -0.2) is 35.9 Å². The molecular formula is C27H28N6O. The molecule has 0 fully saturated rings. The summed E-state index contributed by atoms with van der Waals surface area (Å²) in [5.41, 5.74) is 7.74. The number of nitrogens with one attached hydrogen (secondary N) is 2. The zero-order valence-corrected chi connectivity index (χ0v) is 20.1. The summed E-state index contributed by atoms with van der Waals surface area (Å²) in [4.78, 5) is 0. The van der Waals surface area contributed by atoms with Gasteiger partial charge in [-0.3, -0.25) is 0 Å². The number of fused-ring (bicyclic) bond motifs is 2. The molecule has 0 spiro atoms. The van der Waals surface area contributed by atoms with Crippen LogP contribution in [-0.2, 0) is 5.41 Å². The normalized spacial score (nSPS) is 12.5. The van der Waals surface area contributed by atoms with Gasteiger partial charge in [-0.15, -0.1) is 0 Å². The van der Waals surface area contributed by atoms with Crippen molar-refractivity contribution >= 4 is 22.1 Å². The first-order valence-electron chi connectivity index (χ1n) is 11.3. The zero-order valence-electron chi connectivity index (χ0n) is 20.1. The van der Waals surface area contributed by atoms with Gasteiger partial charge in [0.1, 0.15) is 27.8 Å². The molecule has 34 heavy (non-hydrogen) atoms. The standard InChI is InChI=1S/C27H28N6O/c1-15(2)26(3,4)27(5,6)23-21(34)14-13-16(17-9-7-11-19-24(17)30-32-28-19)22(23)18-10-8-12-20-25(18)31-33-29-20/h7-14,34H,1H2,2-6H3,(H,28,30,32)(H,29,31,33). The fourth-order valence-corrected chi connectivity index (χ4v) is 4.73. The van der Waals surface area contributed by atoms with E-state index in [1.54, 1.807) is 6.07 Å². The predicted molar refractivity (Wildman–Crippen MR) is 135 cm³/mol. The smallest absolute Gasteiger partial charge is 0.120 e. The summed E-state index contributed by atoms with van der Waals surface area (Å²) in [5, 5.41) is 34.3. The van der Waals surface area contributed by atoms with Crippen molar-refractivity contribution in [2.45, 2.75) is 40.0 Å². The first kappa shape index (κ1) is 21.8. The lowest BCUT2D eigenvalue weighted by Crippen LogP contribution is -2.38. The van der Waals surface area contributed by atoms with Crippen molar-refractivity contribution in [2.75, 3.05) is 0 Å². The Bertz CT molecular complexity index is 1560. The maximum Gasteiger partial charge on any atom is 0.120 e. The van der Waals surface area contributed by atoms with Crippen molar-refractivity contribution in [3.8, 4) is 28.0 Å². The number of phenolic OH excluding ortho intramolecular Hbond substituents is 1. The van der Waals surface area contributed by atoms with E-state index in [-0.39, 0.29) is 11.2 Å². The van der Waals surface area contributed by atoms with Crippen molar-refractivity contribution in [1.29, 1.82) is 0 Å². The number of rotatable bonds is 5. The van der Waals surface area contributed by atoms with Gasteiger partial charge in [0.15, 0.2) is 0 Å². The highest BCUT2D eigenvalue weighted by Gasteiger charge is 2.43. The number of phenols is 1. The van der Waals surface area contributed by atoms with Gasteiger partial charge < -0.3 is 5.11 Å². The van der Waals surface area contributed by atoms with E-state index >= 15 is 0 Å². The Morgan fingerprint density at radius 3 is 1.91 bits per heavy atom. The van der Waals surface area contributed by atoms with Crippen molar-refractivity contribution in [1.82, 2.24) is 30.8 Å². The predicted octanol–water partition coefficient (Wildman–Crippen LogP) is 6.15. The third-order valence-corrected chi connectivity index (χ3v) is 7.69. The number of H-pyrrole nitrogens is 2. The number of hydrogen-bond donors (Lipinski definition) is 3. The summed E-state index contributed by atoms with van der Waals surface area (Å²) in [6.07, 6.45) is 0. The molecule has 3 N–H and O–H groups in total. The van der Waals surface area contributed by atoms with Gasteiger partial charge in [0.05, 0.1) is 0 Å². The number of para-hydroxylation sites is 2. The summed E-state index contributed by atoms with van der Waals surface area (Å²) in [7, 11) is 0. The number of aromatic amines is 2. The molecule has 5 aromatic rings. The second-order valence-electron chi connectivity index (χ2n) is 9.91. The van der Waals surface area contributed by atoms with E-state index in [9.17, 15) is 5.11 Å². The summed E-state index contributed by atoms with van der Waals surface area (Å²) >= 11 is 0. The first-order valence-corrected chi connectivity index (χ1v) is 11.3. The molecule has 0 saturated carbocycles. The van der Waals surface area contributed by atoms with Crippen LogP contribution in [0.1, 0.15) is 40.2 Å². The third kappa shape index (κ3) is 3.04. The number of benzene rings is 3. The Kier molecular flexibility index (Phi) is 4.82. The first-order chi connectivity index (χ1) is 16.1. The van der Waals surface area contributed by atoms with Gasteiger partial charge >= 0.3 is 0 Å². The molecule has 0 aliphatic heterocycles. The zero-order chi connectivity index (χ0) is 24.3. The highest BCUT2D eigenvalue weighted by Crippen LogP contribution is 2.54. The molecule has 5 rings (SSSR count). The minimum atomic E-state index is -0.488. The summed E-state index contributed by atoms with van der Waals surface area (Å²) < 4.78 is 0. The largest absolute Gasteiger partial charge is 0.508 e. The van der Waals surface area contributed by atoms with Crippen molar-refractivity contribution in [3.63, 3.8) is 0 Å². The fourth-order valence-electron chi connectivity index (χ4n) is 4.73. The van der Waals surface area contributed by atoms with Crippen LogP contribution in [0.5, 0.6) is 5.75 Å². The summed E-state index contributed by atoms with van der Waals surface area (Å²) in [5.74, 6) is 0.228. The number of nitrogens with zero attached hydrogens (tertiary/aromatic N) is 4. The molecule has 0 aliphatic rings. The van der Waals surface area contributed by atoms with Crippen molar-refractivity contribution in [2.24, 2.45) is 5.41 Å². The summed E-state index contributed by atoms with van der Waals surface area (Å²) in [6.45, 7) is 15.0. The Morgan fingerprint density at radius 2 is 1.32 bits per heavy atom. The van der Waals surface area contributed by atoms with Gasteiger partial charge in [-0.2, -0.15) is 30.8 Å². The van der Waals surface area contributed by atoms with Crippen LogP contribution in [0.2, 0.25) is 0 Å². The topological polar surface area (TPSA) is 103 Å². The van der Waals surface area contributed by atoms with Crippen LogP contribution in [0.4, 0.5) is 0 Å². The maximum atomic E-state index is 11.4. The maximum absolute atomic E-state index is 11.4. The Labute approximate surface area is 197 Å². The van der Waals surface area contributed by atoms with E-state index < -0.39 is 5.41 Å². The molecule has 3 aromatic carbocycles. The van der Waals surface area contributed by atoms with E-state index in [1.807, 2.05) is 49.4 Å². The quantitative estimate of drug-likeness (QED) is 0.278. The van der Waals surface area contributed by atoms with Gasteiger partial charge in [0, 0.05) is 22.1 Å². The van der Waals surface area contributed by atoms with E-state index in [2.05, 4.69) is 65.1 Å². The molecule has 172 valence electrons. The van der Waals surface area contributed by atoms with E-state index in [4.69, 9.17) is 0 Å². The van der Waals surface area contributed by atoms with Crippen LogP contribution in [0, 0.1) is 5.41 Å². The average molecular weight is 453 g/mol. The van der Waals surface area contributed by atoms with Crippen LogP contribution in [0.15, 0.2) is 60.7 Å². The van der Waals surface area contributed by atoms with Gasteiger partial charge in [-0.25, -0.2) is 0 Å². The van der Waals surface area contributed by atoms with Crippen molar-refractivity contribution < 1.29 is 5.11 Å². The Balaban J connectivity index is 1.96. The van der Waals surface area contributed by atoms with Crippen LogP contribution >= 0.6 is 0 Å². The van der Waals surface area contributed by atoms with E-state index in [1.165, 1.54) is 0 Å². The minimum absolute atomic E-state index is 0.228. The molecule has 2 aromatic heterocycles. The molecule has 7 nitrogen and oxygen atoms in total. The second kappa shape index (κ2) is 7.52. The average Bonchev–Trinajstić information content (AvgIpc) is 3.47. The molecular weight excluding hydrogens is 424 g/mol. The molecule has 2 heterocycles. The van der Waals surface area contributed by atoms with Crippen LogP contribution < -0.4 is 0 Å². The Morgan fingerprint density at radius 1 is 0.765 bits per heavy atom. The fraction of sp³-hybridized carbons (Fsp3) is 0.259.